The zero-order chi connectivity index (χ0) is 14.4. The fourth-order valence-electron chi connectivity index (χ4n) is 2.84. The molecule has 1 N–H and O–H groups in total. The molecule has 3 aliphatic rings. The second-order valence-electron chi connectivity index (χ2n) is 6.43. The largest absolute Gasteiger partial charge is 0.360 e. The Hall–Kier alpha value is -1.85. The van der Waals surface area contributed by atoms with Gasteiger partial charge in [-0.25, -0.2) is 0 Å². The van der Waals surface area contributed by atoms with Gasteiger partial charge in [0, 0.05) is 31.0 Å². The van der Waals surface area contributed by atoms with E-state index < -0.39 is 0 Å². The summed E-state index contributed by atoms with van der Waals surface area (Å²) in [6.07, 6.45) is 5.42. The molecule has 1 aliphatic heterocycles. The van der Waals surface area contributed by atoms with E-state index >= 15 is 0 Å². The first-order valence-electron chi connectivity index (χ1n) is 7.77. The Kier molecular flexibility index (Phi) is 2.97. The van der Waals surface area contributed by atoms with Crippen molar-refractivity contribution in [3.8, 4) is 0 Å². The van der Waals surface area contributed by atoms with Gasteiger partial charge in [-0.05, 0) is 25.7 Å². The fraction of sp³-hybridized carbons (Fsp3) is 0.667. The average Bonchev–Trinajstić information content (AvgIpc) is 3.08. The van der Waals surface area contributed by atoms with E-state index in [1.807, 2.05) is 0 Å². The van der Waals surface area contributed by atoms with Crippen LogP contribution < -0.4 is 5.32 Å². The zero-order valence-electron chi connectivity index (χ0n) is 11.9. The average molecular weight is 289 g/mol. The number of nitrogens with zero attached hydrogens (tertiary/aromatic N) is 2. The maximum atomic E-state index is 12.2. The summed E-state index contributed by atoms with van der Waals surface area (Å²) in [7, 11) is 0. The van der Waals surface area contributed by atoms with E-state index in [9.17, 15) is 9.59 Å². The number of nitrogens with one attached hydrogen (secondary N) is 1. The van der Waals surface area contributed by atoms with Crippen molar-refractivity contribution in [1.82, 2.24) is 15.4 Å². The van der Waals surface area contributed by atoms with Crippen LogP contribution in [0.25, 0.3) is 0 Å². The highest BCUT2D eigenvalue weighted by molar-refractivity contribution is 5.93. The molecule has 6 heteroatoms. The lowest BCUT2D eigenvalue weighted by Crippen LogP contribution is -2.61. The Balaban J connectivity index is 1.28. The van der Waals surface area contributed by atoms with Gasteiger partial charge < -0.3 is 14.7 Å². The summed E-state index contributed by atoms with van der Waals surface area (Å²) in [6.45, 7) is 1.14. The predicted molar refractivity (Wildman–Crippen MR) is 73.7 cm³/mol. The lowest BCUT2D eigenvalue weighted by atomic mass is 9.84. The molecule has 2 amide bonds. The van der Waals surface area contributed by atoms with E-state index in [1.165, 1.54) is 0 Å². The quantitative estimate of drug-likeness (QED) is 0.906. The number of aromatic nitrogens is 1. The minimum Gasteiger partial charge on any atom is -0.360 e. The second kappa shape index (κ2) is 4.86. The third-order valence-electron chi connectivity index (χ3n) is 4.72. The van der Waals surface area contributed by atoms with Gasteiger partial charge >= 0.3 is 0 Å². The summed E-state index contributed by atoms with van der Waals surface area (Å²) in [5.41, 5.74) is 0.390. The molecule has 21 heavy (non-hydrogen) atoms. The van der Waals surface area contributed by atoms with Crippen LogP contribution in [0, 0.1) is 5.92 Å². The van der Waals surface area contributed by atoms with E-state index in [4.69, 9.17) is 4.52 Å². The van der Waals surface area contributed by atoms with Crippen LogP contribution in [0.5, 0.6) is 0 Å². The van der Waals surface area contributed by atoms with Crippen molar-refractivity contribution in [1.29, 1.82) is 0 Å². The predicted octanol–water partition coefficient (Wildman–Crippen LogP) is 1.29. The number of likely N-dealkylation sites (tertiary alicyclic amines) is 1. The highest BCUT2D eigenvalue weighted by Crippen LogP contribution is 2.40. The Morgan fingerprint density at radius 1 is 1.24 bits per heavy atom. The summed E-state index contributed by atoms with van der Waals surface area (Å²) in [5.74, 6) is 1.54. The van der Waals surface area contributed by atoms with Gasteiger partial charge in [0.25, 0.3) is 5.91 Å². The molecule has 2 saturated carbocycles. The second-order valence-corrected chi connectivity index (χ2v) is 6.43. The zero-order valence-corrected chi connectivity index (χ0v) is 11.9. The van der Waals surface area contributed by atoms with Crippen LogP contribution in [0.15, 0.2) is 10.6 Å². The summed E-state index contributed by atoms with van der Waals surface area (Å²) >= 11 is 0. The van der Waals surface area contributed by atoms with Gasteiger partial charge in [-0.15, -0.1) is 0 Å². The Labute approximate surface area is 122 Å². The van der Waals surface area contributed by atoms with Crippen molar-refractivity contribution in [3.05, 3.63) is 17.5 Å². The van der Waals surface area contributed by atoms with Crippen LogP contribution in [0.4, 0.5) is 0 Å². The van der Waals surface area contributed by atoms with Gasteiger partial charge in [-0.1, -0.05) is 11.6 Å². The molecule has 3 fully saturated rings. The molecule has 4 rings (SSSR count). The summed E-state index contributed by atoms with van der Waals surface area (Å²) in [4.78, 5) is 25.7. The molecule has 1 aromatic heterocycles. The molecular formula is C15H19N3O3. The summed E-state index contributed by atoms with van der Waals surface area (Å²) in [5, 5.41) is 6.87. The molecule has 0 radical (unpaired) electrons. The van der Waals surface area contributed by atoms with Gasteiger partial charge in [0.1, 0.15) is 5.76 Å². The normalized spacial score (nSPS) is 22.6. The van der Waals surface area contributed by atoms with Gasteiger partial charge in [-0.3, -0.25) is 9.59 Å². The third kappa shape index (κ3) is 2.43. The van der Waals surface area contributed by atoms with Crippen molar-refractivity contribution >= 4 is 11.8 Å². The number of hydrogen-bond donors (Lipinski definition) is 1. The smallest absolute Gasteiger partial charge is 0.276 e. The molecule has 2 aliphatic carbocycles. The van der Waals surface area contributed by atoms with Crippen LogP contribution >= 0.6 is 0 Å². The maximum Gasteiger partial charge on any atom is 0.276 e. The van der Waals surface area contributed by atoms with E-state index in [1.54, 1.807) is 11.0 Å². The van der Waals surface area contributed by atoms with Crippen molar-refractivity contribution in [2.45, 2.75) is 44.1 Å². The molecule has 2 heterocycles. The van der Waals surface area contributed by atoms with Gasteiger partial charge in [0.15, 0.2) is 5.69 Å². The maximum absolute atomic E-state index is 12.2. The third-order valence-corrected chi connectivity index (χ3v) is 4.72. The minimum absolute atomic E-state index is 0.0943. The molecule has 0 atom stereocenters. The fourth-order valence-corrected chi connectivity index (χ4v) is 2.84. The number of hydrogen-bond acceptors (Lipinski definition) is 4. The first-order chi connectivity index (χ1) is 10.2. The Morgan fingerprint density at radius 2 is 2.00 bits per heavy atom. The van der Waals surface area contributed by atoms with E-state index in [2.05, 4.69) is 10.5 Å². The highest BCUT2D eigenvalue weighted by Gasteiger charge is 2.36. The monoisotopic (exact) mass is 289 g/mol. The SMILES string of the molecule is O=C(NC1CN(C(=O)c2cc(C3CC3)on2)C1)C1CCC1. The molecule has 1 aromatic rings. The molecule has 0 bridgehead atoms. The lowest BCUT2D eigenvalue weighted by Gasteiger charge is -2.40. The van der Waals surface area contributed by atoms with E-state index in [-0.39, 0.29) is 23.8 Å². The molecule has 0 spiro atoms. The van der Waals surface area contributed by atoms with Crippen molar-refractivity contribution < 1.29 is 14.1 Å². The molecular weight excluding hydrogens is 270 g/mol. The van der Waals surface area contributed by atoms with Gasteiger partial charge in [0.2, 0.25) is 5.91 Å². The van der Waals surface area contributed by atoms with E-state index in [0.29, 0.717) is 24.7 Å². The first kappa shape index (κ1) is 12.9. The van der Waals surface area contributed by atoms with Crippen LogP contribution in [0.2, 0.25) is 0 Å². The van der Waals surface area contributed by atoms with Crippen molar-refractivity contribution in [2.24, 2.45) is 5.92 Å². The summed E-state index contributed by atoms with van der Waals surface area (Å²) < 4.78 is 5.21. The van der Waals surface area contributed by atoms with Gasteiger partial charge in [-0.2, -0.15) is 0 Å². The van der Waals surface area contributed by atoms with Crippen molar-refractivity contribution in [3.63, 3.8) is 0 Å². The molecule has 112 valence electrons. The highest BCUT2D eigenvalue weighted by atomic mass is 16.5. The molecule has 6 nitrogen and oxygen atoms in total. The summed E-state index contributed by atoms with van der Waals surface area (Å²) in [6, 6.07) is 1.86. The van der Waals surface area contributed by atoms with E-state index in [0.717, 1.165) is 37.9 Å². The molecule has 1 saturated heterocycles. The van der Waals surface area contributed by atoms with Crippen LogP contribution in [0.3, 0.4) is 0 Å². The Bertz CT molecular complexity index is 568. The van der Waals surface area contributed by atoms with Crippen LogP contribution in [0.1, 0.15) is 54.3 Å². The Morgan fingerprint density at radius 3 is 2.62 bits per heavy atom. The number of amides is 2. The van der Waals surface area contributed by atoms with Crippen molar-refractivity contribution in [2.75, 3.05) is 13.1 Å². The number of carbonyl (C=O) groups is 2. The number of rotatable bonds is 4. The van der Waals surface area contributed by atoms with Gasteiger partial charge in [0.05, 0.1) is 6.04 Å². The standard InChI is InChI=1S/C15H19N3O3/c19-14(10-2-1-3-10)16-11-7-18(8-11)15(20)12-6-13(21-17-12)9-4-5-9/h6,9-11H,1-5,7-8H2,(H,16,19). The molecule has 0 unspecified atom stereocenters. The van der Waals surface area contributed by atoms with Crippen LogP contribution in [-0.2, 0) is 4.79 Å². The minimum atomic E-state index is -0.0974. The first-order valence-corrected chi connectivity index (χ1v) is 7.77. The lowest BCUT2D eigenvalue weighted by molar-refractivity contribution is -0.129. The van der Waals surface area contributed by atoms with Crippen LogP contribution in [-0.4, -0.2) is 41.0 Å². The topological polar surface area (TPSA) is 75.4 Å². The number of carbonyl (C=O) groups excluding carboxylic acids is 2. The molecule has 0 aromatic carbocycles.